The maximum atomic E-state index is 10.8. The molecule has 3 aromatic rings. The van der Waals surface area contributed by atoms with Gasteiger partial charge < -0.3 is 5.11 Å². The van der Waals surface area contributed by atoms with E-state index in [-0.39, 0.29) is 5.75 Å². The van der Waals surface area contributed by atoms with Crippen molar-refractivity contribution in [2.24, 2.45) is 0 Å². The number of aliphatic carboxylic acids is 1. The number of rotatable bonds is 5. The molecule has 21 heavy (non-hydrogen) atoms. The van der Waals surface area contributed by atoms with Crippen molar-refractivity contribution in [2.75, 3.05) is 5.75 Å². The van der Waals surface area contributed by atoms with Crippen molar-refractivity contribution in [1.82, 2.24) is 19.5 Å². The lowest BCUT2D eigenvalue weighted by atomic mass is 10.3. The number of pyridine rings is 2. The highest BCUT2D eigenvalue weighted by Gasteiger charge is 2.13. The van der Waals surface area contributed by atoms with Gasteiger partial charge in [-0.3, -0.25) is 14.3 Å². The summed E-state index contributed by atoms with van der Waals surface area (Å²) in [6.45, 7) is 0.559. The van der Waals surface area contributed by atoms with Gasteiger partial charge in [-0.05, 0) is 23.8 Å². The molecule has 106 valence electrons. The van der Waals surface area contributed by atoms with Crippen molar-refractivity contribution >= 4 is 28.9 Å². The van der Waals surface area contributed by atoms with Crippen molar-refractivity contribution in [1.29, 1.82) is 0 Å². The lowest BCUT2D eigenvalue weighted by Gasteiger charge is -2.07. The molecule has 1 N–H and O–H groups in total. The van der Waals surface area contributed by atoms with Gasteiger partial charge in [0.15, 0.2) is 10.8 Å². The van der Waals surface area contributed by atoms with Gasteiger partial charge in [-0.15, -0.1) is 0 Å². The van der Waals surface area contributed by atoms with E-state index in [2.05, 4.69) is 15.0 Å². The summed E-state index contributed by atoms with van der Waals surface area (Å²) in [5.41, 5.74) is 2.52. The van der Waals surface area contributed by atoms with Gasteiger partial charge in [0.05, 0.1) is 12.3 Å². The molecule has 0 bridgehead atoms. The SMILES string of the molecule is O=C(O)CSc1nc2cccnc2n1Cc1cccnc1. The normalized spacial score (nSPS) is 10.9. The Hall–Kier alpha value is -2.41. The van der Waals surface area contributed by atoms with E-state index >= 15 is 0 Å². The van der Waals surface area contributed by atoms with E-state index in [1.165, 1.54) is 11.8 Å². The number of fused-ring (bicyclic) bond motifs is 1. The molecule has 6 nitrogen and oxygen atoms in total. The largest absolute Gasteiger partial charge is 0.481 e. The molecule has 0 saturated heterocycles. The molecule has 3 rings (SSSR count). The lowest BCUT2D eigenvalue weighted by Crippen LogP contribution is -2.05. The second kappa shape index (κ2) is 5.92. The Balaban J connectivity index is 2.00. The van der Waals surface area contributed by atoms with Crippen LogP contribution in [0.1, 0.15) is 5.56 Å². The maximum Gasteiger partial charge on any atom is 0.313 e. The monoisotopic (exact) mass is 300 g/mol. The third kappa shape index (κ3) is 3.03. The highest BCUT2D eigenvalue weighted by Crippen LogP contribution is 2.23. The molecule has 0 aliphatic rings. The highest BCUT2D eigenvalue weighted by molar-refractivity contribution is 7.99. The minimum absolute atomic E-state index is 0.0314. The summed E-state index contributed by atoms with van der Waals surface area (Å²) in [5, 5.41) is 9.49. The number of carboxylic acid groups (broad SMARTS) is 1. The number of nitrogens with zero attached hydrogens (tertiary/aromatic N) is 4. The number of hydrogen-bond acceptors (Lipinski definition) is 5. The number of imidazole rings is 1. The number of carboxylic acids is 1. The first-order valence-electron chi connectivity index (χ1n) is 6.29. The van der Waals surface area contributed by atoms with Crippen LogP contribution in [0.2, 0.25) is 0 Å². The maximum absolute atomic E-state index is 10.8. The van der Waals surface area contributed by atoms with Crippen LogP contribution in [-0.2, 0) is 11.3 Å². The van der Waals surface area contributed by atoms with E-state index in [0.717, 1.165) is 16.7 Å². The summed E-state index contributed by atoms with van der Waals surface area (Å²) in [4.78, 5) is 23.7. The van der Waals surface area contributed by atoms with Gasteiger partial charge in [0, 0.05) is 18.6 Å². The molecular formula is C14H12N4O2S. The van der Waals surface area contributed by atoms with Crippen LogP contribution in [0.5, 0.6) is 0 Å². The Labute approximate surface area is 124 Å². The van der Waals surface area contributed by atoms with E-state index in [9.17, 15) is 4.79 Å². The van der Waals surface area contributed by atoms with Gasteiger partial charge in [0.1, 0.15) is 5.52 Å². The molecule has 0 saturated carbocycles. The Kier molecular flexibility index (Phi) is 3.83. The van der Waals surface area contributed by atoms with Crippen molar-refractivity contribution in [3.05, 3.63) is 48.4 Å². The zero-order valence-corrected chi connectivity index (χ0v) is 11.8. The van der Waals surface area contributed by atoms with E-state index in [4.69, 9.17) is 5.11 Å². The van der Waals surface area contributed by atoms with Crippen LogP contribution in [0, 0.1) is 0 Å². The van der Waals surface area contributed by atoms with Gasteiger partial charge in [-0.25, -0.2) is 9.97 Å². The lowest BCUT2D eigenvalue weighted by molar-refractivity contribution is -0.133. The third-order valence-electron chi connectivity index (χ3n) is 2.86. The molecule has 0 radical (unpaired) electrons. The van der Waals surface area contributed by atoms with Crippen molar-refractivity contribution in [3.63, 3.8) is 0 Å². The molecule has 0 atom stereocenters. The van der Waals surface area contributed by atoms with Crippen LogP contribution >= 0.6 is 11.8 Å². The van der Waals surface area contributed by atoms with Gasteiger partial charge in [-0.1, -0.05) is 17.8 Å². The molecule has 7 heteroatoms. The van der Waals surface area contributed by atoms with E-state index in [1.807, 2.05) is 28.8 Å². The Morgan fingerprint density at radius 3 is 2.90 bits per heavy atom. The fourth-order valence-electron chi connectivity index (χ4n) is 1.99. The number of aromatic nitrogens is 4. The summed E-state index contributed by atoms with van der Waals surface area (Å²) >= 11 is 1.19. The quantitative estimate of drug-likeness (QED) is 0.726. The fourth-order valence-corrected chi connectivity index (χ4v) is 2.71. The average Bonchev–Trinajstić information content (AvgIpc) is 2.84. The van der Waals surface area contributed by atoms with E-state index < -0.39 is 5.97 Å². The number of carbonyl (C=O) groups is 1. The highest BCUT2D eigenvalue weighted by atomic mass is 32.2. The molecule has 0 amide bonds. The minimum Gasteiger partial charge on any atom is -0.481 e. The number of hydrogen-bond donors (Lipinski definition) is 1. The summed E-state index contributed by atoms with van der Waals surface area (Å²) in [7, 11) is 0. The number of thioether (sulfide) groups is 1. The standard InChI is InChI=1S/C14H12N4O2S/c19-12(20)9-21-14-17-11-4-2-6-16-13(11)18(14)8-10-3-1-5-15-7-10/h1-7H,8-9H2,(H,19,20). The zero-order chi connectivity index (χ0) is 14.7. The smallest absolute Gasteiger partial charge is 0.313 e. The van der Waals surface area contributed by atoms with Crippen molar-refractivity contribution < 1.29 is 9.90 Å². The van der Waals surface area contributed by atoms with Crippen LogP contribution in [0.25, 0.3) is 11.2 Å². The first-order valence-corrected chi connectivity index (χ1v) is 7.27. The van der Waals surface area contributed by atoms with Crippen LogP contribution < -0.4 is 0 Å². The fraction of sp³-hybridized carbons (Fsp3) is 0.143. The third-order valence-corrected chi connectivity index (χ3v) is 3.82. The van der Waals surface area contributed by atoms with E-state index in [0.29, 0.717) is 11.7 Å². The van der Waals surface area contributed by atoms with E-state index in [1.54, 1.807) is 18.6 Å². The van der Waals surface area contributed by atoms with Gasteiger partial charge in [0.2, 0.25) is 0 Å². The summed E-state index contributed by atoms with van der Waals surface area (Å²) < 4.78 is 1.92. The predicted octanol–water partition coefficient (Wildman–Crippen LogP) is 2.05. The molecule has 3 aromatic heterocycles. The molecular weight excluding hydrogens is 288 g/mol. The minimum atomic E-state index is -0.868. The summed E-state index contributed by atoms with van der Waals surface area (Å²) in [6.07, 6.45) is 5.20. The topological polar surface area (TPSA) is 80.9 Å². The predicted molar refractivity (Wildman–Crippen MR) is 79.2 cm³/mol. The molecule has 3 heterocycles. The Morgan fingerprint density at radius 2 is 2.14 bits per heavy atom. The molecule has 0 unspecified atom stereocenters. The van der Waals surface area contributed by atoms with Crippen molar-refractivity contribution in [2.45, 2.75) is 11.7 Å². The molecule has 0 fully saturated rings. The molecule has 0 aliphatic carbocycles. The Morgan fingerprint density at radius 1 is 1.29 bits per heavy atom. The first kappa shape index (κ1) is 13.6. The summed E-state index contributed by atoms with van der Waals surface area (Å²) in [5.74, 6) is -0.899. The molecule has 0 spiro atoms. The molecule has 0 aromatic carbocycles. The second-order valence-electron chi connectivity index (χ2n) is 4.37. The second-order valence-corrected chi connectivity index (χ2v) is 5.31. The Bertz CT molecular complexity index is 773. The van der Waals surface area contributed by atoms with Crippen LogP contribution in [-0.4, -0.2) is 36.3 Å². The average molecular weight is 300 g/mol. The molecule has 0 aliphatic heterocycles. The van der Waals surface area contributed by atoms with Crippen LogP contribution in [0.3, 0.4) is 0 Å². The van der Waals surface area contributed by atoms with Gasteiger partial charge >= 0.3 is 5.97 Å². The van der Waals surface area contributed by atoms with Gasteiger partial charge in [-0.2, -0.15) is 0 Å². The zero-order valence-electron chi connectivity index (χ0n) is 11.0. The van der Waals surface area contributed by atoms with Gasteiger partial charge in [0.25, 0.3) is 0 Å². The van der Waals surface area contributed by atoms with Crippen LogP contribution in [0.15, 0.2) is 48.0 Å². The summed E-state index contributed by atoms with van der Waals surface area (Å²) in [6, 6.07) is 7.52. The van der Waals surface area contributed by atoms with Crippen molar-refractivity contribution in [3.8, 4) is 0 Å². The van der Waals surface area contributed by atoms with Crippen LogP contribution in [0.4, 0.5) is 0 Å². The first-order chi connectivity index (χ1) is 10.2.